The van der Waals surface area contributed by atoms with Crippen LogP contribution >= 0.6 is 0 Å². The number of methoxy groups -OCH3 is 1. The summed E-state index contributed by atoms with van der Waals surface area (Å²) in [6.07, 6.45) is 1.14. The molecule has 3 N–H and O–H groups in total. The number of carbonyl (C=O) groups excluding carboxylic acids is 1. The molecule has 0 radical (unpaired) electrons. The number of hydrogen-bond donors (Lipinski definition) is 2. The van der Waals surface area contributed by atoms with Gasteiger partial charge < -0.3 is 20.7 Å². The maximum absolute atomic E-state index is 12.2. The fraction of sp³-hybridized carbons (Fsp3) is 0.533. The second-order valence-corrected chi connectivity index (χ2v) is 5.22. The lowest BCUT2D eigenvalue weighted by atomic mass is 10.1. The maximum Gasteiger partial charge on any atom is 0.255 e. The molecule has 0 bridgehead atoms. The van der Waals surface area contributed by atoms with Crippen LogP contribution in [-0.4, -0.2) is 44.1 Å². The van der Waals surface area contributed by atoms with Crippen molar-refractivity contribution in [2.24, 2.45) is 5.92 Å². The fourth-order valence-corrected chi connectivity index (χ4v) is 2.60. The Morgan fingerprint density at radius 2 is 2.35 bits per heavy atom. The third kappa shape index (κ3) is 3.42. The smallest absolute Gasteiger partial charge is 0.255 e. The van der Waals surface area contributed by atoms with Crippen LogP contribution in [0.15, 0.2) is 18.2 Å². The molecule has 0 spiro atoms. The molecule has 1 aromatic rings. The van der Waals surface area contributed by atoms with Crippen LogP contribution < -0.4 is 15.8 Å². The molecule has 5 heteroatoms. The number of benzene rings is 1. The van der Waals surface area contributed by atoms with Crippen molar-refractivity contribution in [3.63, 3.8) is 0 Å². The Morgan fingerprint density at radius 3 is 3.00 bits per heavy atom. The molecular formula is C15H23N3O2. The number of hydrogen-bond acceptors (Lipinski definition) is 4. The molecule has 1 aliphatic heterocycles. The number of likely N-dealkylation sites (tertiary alicyclic amines) is 1. The third-order valence-electron chi connectivity index (χ3n) is 3.84. The van der Waals surface area contributed by atoms with Crippen LogP contribution in [0.4, 0.5) is 5.69 Å². The molecule has 0 aromatic heterocycles. The summed E-state index contributed by atoms with van der Waals surface area (Å²) in [6, 6.07) is 5.10. The van der Waals surface area contributed by atoms with Crippen molar-refractivity contribution in [1.82, 2.24) is 10.2 Å². The summed E-state index contributed by atoms with van der Waals surface area (Å²) in [6.45, 7) is 6.13. The van der Waals surface area contributed by atoms with E-state index in [1.54, 1.807) is 25.3 Å². The lowest BCUT2D eigenvalue weighted by Gasteiger charge is -2.14. The number of nitrogens with zero attached hydrogens (tertiary/aromatic N) is 1. The van der Waals surface area contributed by atoms with Crippen LogP contribution in [0.1, 0.15) is 23.7 Å². The summed E-state index contributed by atoms with van der Waals surface area (Å²) < 4.78 is 5.20. The van der Waals surface area contributed by atoms with Gasteiger partial charge in [-0.2, -0.15) is 0 Å². The first-order valence-corrected chi connectivity index (χ1v) is 7.08. The number of amides is 1. The molecule has 1 unspecified atom stereocenters. The lowest BCUT2D eigenvalue weighted by molar-refractivity contribution is 0.0944. The number of nitrogens with two attached hydrogens (primary N) is 1. The van der Waals surface area contributed by atoms with Gasteiger partial charge in [0, 0.05) is 18.8 Å². The number of nitrogens with one attached hydrogen (secondary N) is 1. The zero-order valence-electron chi connectivity index (χ0n) is 12.2. The normalized spacial score (nSPS) is 19.0. The first-order chi connectivity index (χ1) is 9.63. The number of nitrogen functional groups attached to an aromatic ring is 1. The Bertz CT molecular complexity index is 476. The highest BCUT2D eigenvalue weighted by atomic mass is 16.5. The molecule has 0 saturated carbocycles. The van der Waals surface area contributed by atoms with E-state index < -0.39 is 0 Å². The summed E-state index contributed by atoms with van der Waals surface area (Å²) in [5, 5.41) is 2.99. The molecule has 1 amide bonds. The van der Waals surface area contributed by atoms with E-state index in [0.29, 0.717) is 29.5 Å². The van der Waals surface area contributed by atoms with Crippen LogP contribution in [0.2, 0.25) is 0 Å². The number of carbonyl (C=O) groups is 1. The third-order valence-corrected chi connectivity index (χ3v) is 3.84. The second kappa shape index (κ2) is 6.61. The minimum absolute atomic E-state index is 0.121. The molecule has 1 saturated heterocycles. The Labute approximate surface area is 120 Å². The van der Waals surface area contributed by atoms with Crippen LogP contribution in [0.3, 0.4) is 0 Å². The summed E-state index contributed by atoms with van der Waals surface area (Å²) in [5.41, 5.74) is 6.79. The average molecular weight is 277 g/mol. The van der Waals surface area contributed by atoms with E-state index in [2.05, 4.69) is 17.1 Å². The summed E-state index contributed by atoms with van der Waals surface area (Å²) in [5.74, 6) is 0.966. The monoisotopic (exact) mass is 277 g/mol. The van der Waals surface area contributed by atoms with Crippen molar-refractivity contribution < 1.29 is 9.53 Å². The van der Waals surface area contributed by atoms with E-state index in [0.717, 1.165) is 26.1 Å². The van der Waals surface area contributed by atoms with Crippen molar-refractivity contribution in [3.05, 3.63) is 23.8 Å². The molecule has 0 aliphatic carbocycles. The molecule has 1 atom stereocenters. The average Bonchev–Trinajstić information content (AvgIpc) is 2.92. The van der Waals surface area contributed by atoms with Gasteiger partial charge in [-0.05, 0) is 43.6 Å². The molecule has 1 heterocycles. The van der Waals surface area contributed by atoms with Crippen molar-refractivity contribution >= 4 is 11.6 Å². The van der Waals surface area contributed by atoms with Gasteiger partial charge in [-0.1, -0.05) is 6.92 Å². The largest absolute Gasteiger partial charge is 0.496 e. The SMILES string of the molecule is CCN1CCC(CNC(=O)c2cc(N)ccc2OC)C1. The quantitative estimate of drug-likeness (QED) is 0.797. The maximum atomic E-state index is 12.2. The van der Waals surface area contributed by atoms with Gasteiger partial charge in [-0.3, -0.25) is 4.79 Å². The highest BCUT2D eigenvalue weighted by molar-refractivity contribution is 5.97. The van der Waals surface area contributed by atoms with Crippen molar-refractivity contribution in [3.8, 4) is 5.75 Å². The van der Waals surface area contributed by atoms with E-state index >= 15 is 0 Å². The van der Waals surface area contributed by atoms with Gasteiger partial charge >= 0.3 is 0 Å². The van der Waals surface area contributed by atoms with Gasteiger partial charge in [-0.15, -0.1) is 0 Å². The van der Waals surface area contributed by atoms with E-state index in [-0.39, 0.29) is 5.91 Å². The van der Waals surface area contributed by atoms with Crippen molar-refractivity contribution in [2.75, 3.05) is 39.0 Å². The first-order valence-electron chi connectivity index (χ1n) is 7.08. The molecule has 20 heavy (non-hydrogen) atoms. The molecule has 1 fully saturated rings. The Morgan fingerprint density at radius 1 is 1.55 bits per heavy atom. The number of ether oxygens (including phenoxy) is 1. The van der Waals surface area contributed by atoms with Gasteiger partial charge in [0.05, 0.1) is 12.7 Å². The highest BCUT2D eigenvalue weighted by Crippen LogP contribution is 2.21. The van der Waals surface area contributed by atoms with Gasteiger partial charge in [0.1, 0.15) is 5.75 Å². The minimum atomic E-state index is -0.121. The topological polar surface area (TPSA) is 67.6 Å². The molecular weight excluding hydrogens is 254 g/mol. The Balaban J connectivity index is 1.93. The van der Waals surface area contributed by atoms with Crippen LogP contribution in [0.25, 0.3) is 0 Å². The Kier molecular flexibility index (Phi) is 4.84. The second-order valence-electron chi connectivity index (χ2n) is 5.22. The molecule has 5 nitrogen and oxygen atoms in total. The van der Waals surface area contributed by atoms with Crippen LogP contribution in [-0.2, 0) is 0 Å². The van der Waals surface area contributed by atoms with E-state index in [1.165, 1.54) is 0 Å². The number of rotatable bonds is 5. The zero-order valence-corrected chi connectivity index (χ0v) is 12.2. The molecule has 1 aromatic carbocycles. The molecule has 2 rings (SSSR count). The fourth-order valence-electron chi connectivity index (χ4n) is 2.60. The van der Waals surface area contributed by atoms with E-state index in [1.807, 2.05) is 0 Å². The predicted molar refractivity (Wildman–Crippen MR) is 80.0 cm³/mol. The molecule has 110 valence electrons. The standard InChI is InChI=1S/C15H23N3O2/c1-3-18-7-6-11(10-18)9-17-15(19)13-8-12(16)4-5-14(13)20-2/h4-5,8,11H,3,6-7,9-10,16H2,1-2H3,(H,17,19). The summed E-state index contributed by atoms with van der Waals surface area (Å²) in [4.78, 5) is 14.6. The van der Waals surface area contributed by atoms with E-state index in [9.17, 15) is 4.79 Å². The number of anilines is 1. The first kappa shape index (κ1) is 14.7. The molecule has 1 aliphatic rings. The minimum Gasteiger partial charge on any atom is -0.496 e. The highest BCUT2D eigenvalue weighted by Gasteiger charge is 2.22. The summed E-state index contributed by atoms with van der Waals surface area (Å²) >= 11 is 0. The van der Waals surface area contributed by atoms with Gasteiger partial charge in [0.15, 0.2) is 0 Å². The van der Waals surface area contributed by atoms with Crippen LogP contribution in [0.5, 0.6) is 5.75 Å². The zero-order chi connectivity index (χ0) is 14.5. The van der Waals surface area contributed by atoms with Gasteiger partial charge in [-0.25, -0.2) is 0 Å². The van der Waals surface area contributed by atoms with Gasteiger partial charge in [0.2, 0.25) is 0 Å². The van der Waals surface area contributed by atoms with E-state index in [4.69, 9.17) is 10.5 Å². The summed E-state index contributed by atoms with van der Waals surface area (Å²) in [7, 11) is 1.55. The van der Waals surface area contributed by atoms with Crippen LogP contribution in [0, 0.1) is 5.92 Å². The Hall–Kier alpha value is -1.75. The van der Waals surface area contributed by atoms with Crippen molar-refractivity contribution in [1.29, 1.82) is 0 Å². The predicted octanol–water partition coefficient (Wildman–Crippen LogP) is 1.35. The van der Waals surface area contributed by atoms with Gasteiger partial charge in [0.25, 0.3) is 5.91 Å². The lowest BCUT2D eigenvalue weighted by Crippen LogP contribution is -2.31. The van der Waals surface area contributed by atoms with Crippen molar-refractivity contribution in [2.45, 2.75) is 13.3 Å².